The van der Waals surface area contributed by atoms with E-state index in [4.69, 9.17) is 0 Å². The fraction of sp³-hybridized carbons (Fsp3) is 0.278. The molecule has 7 heteroatoms. The number of aryl methyl sites for hydroxylation is 1. The molecule has 0 spiro atoms. The van der Waals surface area contributed by atoms with Gasteiger partial charge in [0.25, 0.3) is 5.01 Å². The molecule has 0 fully saturated rings. The zero-order valence-corrected chi connectivity index (χ0v) is 16.5. The molecule has 0 unspecified atom stereocenters. The van der Waals surface area contributed by atoms with Crippen molar-refractivity contribution in [2.75, 3.05) is 12.0 Å². The predicted molar refractivity (Wildman–Crippen MR) is 106 cm³/mol. The summed E-state index contributed by atoms with van der Waals surface area (Å²) in [7, 11) is -4.19. The number of nitrogens with zero attached hydrogens (tertiary/aromatic N) is 1. The summed E-state index contributed by atoms with van der Waals surface area (Å²) in [6, 6.07) is 12.4. The molecular weight excluding hydrogens is 374 g/mol. The molecule has 0 bridgehead atoms. The number of rotatable bonds is 6. The number of aromatic nitrogens is 1. The van der Waals surface area contributed by atoms with Crippen LogP contribution in [-0.2, 0) is 16.7 Å². The van der Waals surface area contributed by atoms with E-state index in [0.717, 1.165) is 26.0 Å². The summed E-state index contributed by atoms with van der Waals surface area (Å²) in [6.07, 6.45) is 4.46. The van der Waals surface area contributed by atoms with Crippen molar-refractivity contribution in [2.45, 2.75) is 19.9 Å². The molecule has 25 heavy (non-hydrogen) atoms. The molecule has 0 amide bonds. The zero-order chi connectivity index (χ0) is 18.0. The third-order valence-electron chi connectivity index (χ3n) is 4.04. The Morgan fingerprint density at radius 3 is 2.76 bits per heavy atom. The van der Waals surface area contributed by atoms with E-state index in [9.17, 15) is 13.0 Å². The molecular formula is C18H19NO3S3. The lowest BCUT2D eigenvalue weighted by atomic mass is 10.1. The fourth-order valence-corrected chi connectivity index (χ4v) is 4.83. The summed E-state index contributed by atoms with van der Waals surface area (Å²) in [5, 5.41) is 3.36. The van der Waals surface area contributed by atoms with Gasteiger partial charge in [0, 0.05) is 18.2 Å². The van der Waals surface area contributed by atoms with Gasteiger partial charge in [-0.1, -0.05) is 35.6 Å². The van der Waals surface area contributed by atoms with Crippen molar-refractivity contribution in [1.29, 1.82) is 0 Å². The van der Waals surface area contributed by atoms with Gasteiger partial charge in [-0.05, 0) is 35.6 Å². The van der Waals surface area contributed by atoms with Gasteiger partial charge >= 0.3 is 0 Å². The van der Waals surface area contributed by atoms with Crippen LogP contribution in [0.4, 0.5) is 0 Å². The predicted octanol–water partition coefficient (Wildman–Crippen LogP) is 4.00. The van der Waals surface area contributed by atoms with E-state index in [-0.39, 0.29) is 5.75 Å². The van der Waals surface area contributed by atoms with Crippen LogP contribution in [0.15, 0.2) is 41.3 Å². The summed E-state index contributed by atoms with van der Waals surface area (Å²) in [5.74, 6) is -0.341. The van der Waals surface area contributed by atoms with Crippen molar-refractivity contribution in [3.63, 3.8) is 0 Å². The second-order valence-electron chi connectivity index (χ2n) is 5.80. The van der Waals surface area contributed by atoms with Gasteiger partial charge in [-0.3, -0.25) is 0 Å². The van der Waals surface area contributed by atoms with Crippen LogP contribution in [0.5, 0.6) is 0 Å². The Bertz CT molecular complexity index is 1050. The normalized spacial score (nSPS) is 13.0. The minimum atomic E-state index is -4.19. The maximum absolute atomic E-state index is 11.0. The van der Waals surface area contributed by atoms with Gasteiger partial charge < -0.3 is 4.55 Å². The van der Waals surface area contributed by atoms with E-state index < -0.39 is 10.1 Å². The van der Waals surface area contributed by atoms with Crippen LogP contribution < -0.4 is 4.57 Å². The average Bonchev–Trinajstić information content (AvgIpc) is 2.91. The molecule has 132 valence electrons. The largest absolute Gasteiger partial charge is 0.748 e. The van der Waals surface area contributed by atoms with Crippen molar-refractivity contribution >= 4 is 60.3 Å². The smallest absolute Gasteiger partial charge is 0.263 e. The number of hydrogen-bond donors (Lipinski definition) is 0. The third-order valence-corrected chi connectivity index (χ3v) is 6.69. The summed E-state index contributed by atoms with van der Waals surface area (Å²) in [6.45, 7) is 2.56. The molecule has 0 saturated heterocycles. The number of thioether (sulfide) groups is 1. The standard InChI is InChI=1S/C18H19NO3S3/c1-13(23-2)12-17-19(10-5-11-25(20,21)22)18-15-7-4-3-6-14(15)8-9-16(18)24-17/h3-4,6-9,12H,5,10-11H2,1-2H3. The topological polar surface area (TPSA) is 61.1 Å². The summed E-state index contributed by atoms with van der Waals surface area (Å²) in [5.41, 5.74) is 1.10. The molecule has 1 aromatic heterocycles. The van der Waals surface area contributed by atoms with Crippen molar-refractivity contribution < 1.29 is 17.5 Å². The van der Waals surface area contributed by atoms with Crippen LogP contribution in [0.2, 0.25) is 0 Å². The van der Waals surface area contributed by atoms with Gasteiger partial charge in [0.1, 0.15) is 4.70 Å². The Morgan fingerprint density at radius 2 is 2.04 bits per heavy atom. The lowest BCUT2D eigenvalue weighted by Crippen LogP contribution is -2.36. The SMILES string of the molecule is CSC(C)=Cc1sc2ccc3ccccc3c2[n+]1CCCS(=O)(=O)[O-]. The second kappa shape index (κ2) is 7.45. The van der Waals surface area contributed by atoms with Crippen molar-refractivity contribution in [3.8, 4) is 0 Å². The Balaban J connectivity index is 2.17. The van der Waals surface area contributed by atoms with E-state index in [1.54, 1.807) is 23.1 Å². The van der Waals surface area contributed by atoms with Gasteiger partial charge in [0.2, 0.25) is 5.52 Å². The van der Waals surface area contributed by atoms with Crippen LogP contribution in [0.3, 0.4) is 0 Å². The first-order valence-corrected chi connectivity index (χ1v) is 11.5. The molecule has 4 nitrogen and oxygen atoms in total. The highest BCUT2D eigenvalue weighted by Gasteiger charge is 2.21. The summed E-state index contributed by atoms with van der Waals surface area (Å²) >= 11 is 3.36. The van der Waals surface area contributed by atoms with Crippen molar-refractivity contribution in [2.24, 2.45) is 0 Å². The van der Waals surface area contributed by atoms with Gasteiger partial charge in [0.05, 0.1) is 15.5 Å². The lowest BCUT2D eigenvalue weighted by molar-refractivity contribution is -0.667. The molecule has 0 aliphatic carbocycles. The Labute approximate surface area is 155 Å². The highest BCUT2D eigenvalue weighted by Crippen LogP contribution is 2.30. The molecule has 2 aromatic carbocycles. The summed E-state index contributed by atoms with van der Waals surface area (Å²) < 4.78 is 36.2. The Morgan fingerprint density at radius 1 is 1.28 bits per heavy atom. The minimum absolute atomic E-state index is 0.310. The van der Waals surface area contributed by atoms with Crippen LogP contribution >= 0.6 is 23.1 Å². The molecule has 1 heterocycles. The minimum Gasteiger partial charge on any atom is -0.748 e. The van der Waals surface area contributed by atoms with Gasteiger partial charge in [-0.15, -0.1) is 11.8 Å². The molecule has 0 saturated carbocycles. The molecule has 3 rings (SSSR count). The number of hydrogen-bond acceptors (Lipinski definition) is 5. The quantitative estimate of drug-likeness (QED) is 0.469. The number of fused-ring (bicyclic) bond motifs is 3. The van der Waals surface area contributed by atoms with Crippen molar-refractivity contribution in [3.05, 3.63) is 46.3 Å². The summed E-state index contributed by atoms with van der Waals surface area (Å²) in [4.78, 5) is 1.18. The molecule has 0 N–H and O–H groups in total. The monoisotopic (exact) mass is 393 g/mol. The van der Waals surface area contributed by atoms with E-state index in [1.165, 1.54) is 4.91 Å². The zero-order valence-electron chi connectivity index (χ0n) is 14.1. The van der Waals surface area contributed by atoms with Crippen LogP contribution in [0.1, 0.15) is 18.4 Å². The van der Waals surface area contributed by atoms with E-state index >= 15 is 0 Å². The lowest BCUT2D eigenvalue weighted by Gasteiger charge is -2.05. The van der Waals surface area contributed by atoms with Crippen LogP contribution in [-0.4, -0.2) is 25.0 Å². The van der Waals surface area contributed by atoms with Crippen LogP contribution in [0, 0.1) is 0 Å². The first-order chi connectivity index (χ1) is 11.9. The number of benzene rings is 2. The van der Waals surface area contributed by atoms with Crippen LogP contribution in [0.25, 0.3) is 27.1 Å². The molecule has 0 aliphatic rings. The molecule has 0 radical (unpaired) electrons. The second-order valence-corrected chi connectivity index (χ2v) is 9.44. The van der Waals surface area contributed by atoms with Crippen molar-refractivity contribution in [1.82, 2.24) is 0 Å². The van der Waals surface area contributed by atoms with Gasteiger partial charge in [0.15, 0.2) is 6.54 Å². The highest BCUT2D eigenvalue weighted by molar-refractivity contribution is 8.02. The first kappa shape index (κ1) is 18.4. The fourth-order valence-electron chi connectivity index (χ4n) is 2.84. The van der Waals surface area contributed by atoms with E-state index in [0.29, 0.717) is 13.0 Å². The Kier molecular flexibility index (Phi) is 5.48. The maximum Gasteiger partial charge on any atom is 0.263 e. The first-order valence-electron chi connectivity index (χ1n) is 7.89. The number of thiazole rings is 1. The van der Waals surface area contributed by atoms with Gasteiger partial charge in [-0.25, -0.2) is 8.42 Å². The highest BCUT2D eigenvalue weighted by atomic mass is 32.2. The molecule has 0 atom stereocenters. The Hall–Kier alpha value is -1.41. The maximum atomic E-state index is 11.0. The molecule has 3 aromatic rings. The molecule has 0 aliphatic heterocycles. The van der Waals surface area contributed by atoms with E-state index in [1.807, 2.05) is 18.4 Å². The average molecular weight is 394 g/mol. The number of allylic oxidation sites excluding steroid dienone is 1. The third kappa shape index (κ3) is 4.23. The van der Waals surface area contributed by atoms with E-state index in [2.05, 4.69) is 41.8 Å². The van der Waals surface area contributed by atoms with Gasteiger partial charge in [-0.2, -0.15) is 4.57 Å².